The van der Waals surface area contributed by atoms with Crippen molar-refractivity contribution in [1.29, 1.82) is 0 Å². The number of pyridine rings is 1. The van der Waals surface area contributed by atoms with Crippen molar-refractivity contribution in [3.8, 4) is 0 Å². The van der Waals surface area contributed by atoms with Gasteiger partial charge in [0.05, 0.1) is 18.6 Å². The predicted octanol–water partition coefficient (Wildman–Crippen LogP) is 0.172. The SMILES string of the molecule is C[C@H]1CCC(c2ccncc2)N(C(=O)C(=O)N[C@H]2CC=NNCC2N)C1. The van der Waals surface area contributed by atoms with E-state index in [0.717, 1.165) is 18.4 Å². The first-order chi connectivity index (χ1) is 12.6. The molecule has 0 aromatic carbocycles. The molecule has 3 heterocycles. The van der Waals surface area contributed by atoms with Crippen LogP contribution in [0.3, 0.4) is 0 Å². The lowest BCUT2D eigenvalue weighted by Crippen LogP contribution is -2.55. The topological polar surface area (TPSA) is 113 Å². The molecule has 140 valence electrons. The molecule has 2 aliphatic heterocycles. The van der Waals surface area contributed by atoms with Crippen molar-refractivity contribution in [2.24, 2.45) is 16.8 Å². The van der Waals surface area contributed by atoms with Crippen molar-refractivity contribution < 1.29 is 9.59 Å². The average molecular weight is 358 g/mol. The third-order valence-electron chi connectivity index (χ3n) is 5.07. The molecule has 3 rings (SSSR count). The number of amides is 2. The van der Waals surface area contributed by atoms with E-state index in [1.54, 1.807) is 23.5 Å². The second-order valence-electron chi connectivity index (χ2n) is 7.09. The van der Waals surface area contributed by atoms with Crippen molar-refractivity contribution in [2.45, 2.75) is 44.3 Å². The quantitative estimate of drug-likeness (QED) is 0.653. The van der Waals surface area contributed by atoms with Crippen LogP contribution >= 0.6 is 0 Å². The fraction of sp³-hybridized carbons (Fsp3) is 0.556. The molecule has 8 nitrogen and oxygen atoms in total. The van der Waals surface area contributed by atoms with Crippen LogP contribution in [0.1, 0.15) is 37.8 Å². The number of nitrogens with two attached hydrogens (primary N) is 1. The molecule has 1 aromatic rings. The molecule has 2 aliphatic rings. The van der Waals surface area contributed by atoms with Gasteiger partial charge in [0, 0.05) is 37.6 Å². The number of carbonyl (C=O) groups excluding carboxylic acids is 2. The molecular formula is C18H26N6O2. The summed E-state index contributed by atoms with van der Waals surface area (Å²) in [5.41, 5.74) is 9.89. The Labute approximate surface area is 153 Å². The van der Waals surface area contributed by atoms with E-state index in [0.29, 0.717) is 25.4 Å². The molecule has 8 heteroatoms. The van der Waals surface area contributed by atoms with E-state index >= 15 is 0 Å². The van der Waals surface area contributed by atoms with Gasteiger partial charge in [-0.1, -0.05) is 6.92 Å². The van der Waals surface area contributed by atoms with Gasteiger partial charge in [0.15, 0.2) is 0 Å². The summed E-state index contributed by atoms with van der Waals surface area (Å²) in [4.78, 5) is 31.2. The molecule has 0 spiro atoms. The highest BCUT2D eigenvalue weighted by atomic mass is 16.2. The van der Waals surface area contributed by atoms with Crippen molar-refractivity contribution >= 4 is 18.0 Å². The van der Waals surface area contributed by atoms with Crippen LogP contribution in [0.4, 0.5) is 0 Å². The first-order valence-electron chi connectivity index (χ1n) is 9.07. The molecule has 1 fully saturated rings. The van der Waals surface area contributed by atoms with E-state index in [9.17, 15) is 9.59 Å². The highest BCUT2D eigenvalue weighted by Gasteiger charge is 2.35. The molecular weight excluding hydrogens is 332 g/mol. The maximum absolute atomic E-state index is 12.9. The molecule has 26 heavy (non-hydrogen) atoms. The summed E-state index contributed by atoms with van der Waals surface area (Å²) in [6.07, 6.45) is 7.46. The van der Waals surface area contributed by atoms with Crippen LogP contribution in [-0.2, 0) is 9.59 Å². The number of hydrogen-bond donors (Lipinski definition) is 3. The van der Waals surface area contributed by atoms with E-state index in [2.05, 4.69) is 27.8 Å². The van der Waals surface area contributed by atoms with Crippen molar-refractivity contribution in [3.63, 3.8) is 0 Å². The van der Waals surface area contributed by atoms with Crippen LogP contribution in [0.15, 0.2) is 29.6 Å². The smallest absolute Gasteiger partial charge is 0.312 e. The van der Waals surface area contributed by atoms with Gasteiger partial charge in [-0.25, -0.2) is 0 Å². The van der Waals surface area contributed by atoms with Crippen molar-refractivity contribution in [1.82, 2.24) is 20.6 Å². The van der Waals surface area contributed by atoms with Crippen LogP contribution in [0.25, 0.3) is 0 Å². The highest BCUT2D eigenvalue weighted by Crippen LogP contribution is 2.33. The molecule has 1 saturated heterocycles. The van der Waals surface area contributed by atoms with Crippen molar-refractivity contribution in [3.05, 3.63) is 30.1 Å². The van der Waals surface area contributed by atoms with Gasteiger partial charge in [-0.15, -0.1) is 0 Å². The molecule has 0 radical (unpaired) electrons. The van der Waals surface area contributed by atoms with Gasteiger partial charge in [0.2, 0.25) is 0 Å². The largest absolute Gasteiger partial charge is 0.343 e. The first-order valence-corrected chi connectivity index (χ1v) is 9.07. The third kappa shape index (κ3) is 4.19. The van der Waals surface area contributed by atoms with Gasteiger partial charge in [-0.05, 0) is 36.5 Å². The summed E-state index contributed by atoms with van der Waals surface area (Å²) in [6, 6.07) is 3.10. The lowest BCUT2D eigenvalue weighted by molar-refractivity contribution is -0.149. The minimum absolute atomic E-state index is 0.0986. The lowest BCUT2D eigenvalue weighted by atomic mass is 9.90. The number of aromatic nitrogens is 1. The second kappa shape index (κ2) is 8.27. The second-order valence-corrected chi connectivity index (χ2v) is 7.09. The molecule has 4 atom stereocenters. The van der Waals surface area contributed by atoms with Crippen molar-refractivity contribution in [2.75, 3.05) is 13.1 Å². The predicted molar refractivity (Wildman–Crippen MR) is 98.1 cm³/mol. The molecule has 0 aliphatic carbocycles. The fourth-order valence-electron chi connectivity index (χ4n) is 3.54. The number of likely N-dealkylation sites (tertiary alicyclic amines) is 1. The van der Waals surface area contributed by atoms with Crippen LogP contribution in [0.5, 0.6) is 0 Å². The highest BCUT2D eigenvalue weighted by molar-refractivity contribution is 6.35. The lowest BCUT2D eigenvalue weighted by Gasteiger charge is -2.38. The molecule has 0 bridgehead atoms. The van der Waals surface area contributed by atoms with E-state index in [1.165, 1.54) is 0 Å². The number of hydrogen-bond acceptors (Lipinski definition) is 6. The monoisotopic (exact) mass is 358 g/mol. The zero-order chi connectivity index (χ0) is 18.5. The summed E-state index contributed by atoms with van der Waals surface area (Å²) in [5.74, 6) is -0.741. The first kappa shape index (κ1) is 18.3. The van der Waals surface area contributed by atoms with E-state index in [-0.39, 0.29) is 18.1 Å². The Morgan fingerprint density at radius 3 is 2.85 bits per heavy atom. The normalized spacial score (nSPS) is 28.8. The fourth-order valence-corrected chi connectivity index (χ4v) is 3.54. The molecule has 0 saturated carbocycles. The Morgan fingerprint density at radius 1 is 1.31 bits per heavy atom. The zero-order valence-corrected chi connectivity index (χ0v) is 15.0. The summed E-state index contributed by atoms with van der Waals surface area (Å²) in [5, 5.41) is 6.76. The Hall–Kier alpha value is -2.48. The Morgan fingerprint density at radius 2 is 2.08 bits per heavy atom. The Kier molecular flexibility index (Phi) is 5.82. The minimum atomic E-state index is -0.603. The molecule has 1 aromatic heterocycles. The van der Waals surface area contributed by atoms with E-state index in [1.807, 2.05) is 12.1 Å². The summed E-state index contributed by atoms with van der Waals surface area (Å²) in [7, 11) is 0. The third-order valence-corrected chi connectivity index (χ3v) is 5.07. The minimum Gasteiger partial charge on any atom is -0.343 e. The van der Waals surface area contributed by atoms with Crippen LogP contribution in [0, 0.1) is 5.92 Å². The van der Waals surface area contributed by atoms with Crippen LogP contribution < -0.4 is 16.5 Å². The number of piperidine rings is 1. The van der Waals surface area contributed by atoms with Crippen LogP contribution in [-0.4, -0.2) is 53.1 Å². The summed E-state index contributed by atoms with van der Waals surface area (Å²) >= 11 is 0. The van der Waals surface area contributed by atoms with Gasteiger partial charge in [-0.2, -0.15) is 5.10 Å². The number of nitrogens with zero attached hydrogens (tertiary/aromatic N) is 3. The number of hydrazone groups is 1. The van der Waals surface area contributed by atoms with Gasteiger partial charge in [0.1, 0.15) is 0 Å². The van der Waals surface area contributed by atoms with E-state index in [4.69, 9.17) is 5.73 Å². The van der Waals surface area contributed by atoms with Gasteiger partial charge < -0.3 is 21.4 Å². The molecule has 2 amide bonds. The average Bonchev–Trinajstić information content (AvgIpc) is 2.86. The molecule has 2 unspecified atom stereocenters. The zero-order valence-electron chi connectivity index (χ0n) is 15.0. The van der Waals surface area contributed by atoms with Gasteiger partial charge >= 0.3 is 11.8 Å². The van der Waals surface area contributed by atoms with Crippen LogP contribution in [0.2, 0.25) is 0 Å². The standard InChI is InChI=1S/C18H26N6O2/c1-12-2-3-16(13-4-7-20-8-5-13)24(11-12)18(26)17(25)23-15-6-9-21-22-10-14(15)19/h4-5,7-9,12,14-16,22H,2-3,6,10-11,19H2,1H3,(H,23,25)/t12-,14?,15-,16?/m0/s1. The maximum atomic E-state index is 12.9. The van der Waals surface area contributed by atoms with Gasteiger partial charge in [-0.3, -0.25) is 14.6 Å². The summed E-state index contributed by atoms with van der Waals surface area (Å²) < 4.78 is 0. The van der Waals surface area contributed by atoms with Gasteiger partial charge in [0.25, 0.3) is 0 Å². The van der Waals surface area contributed by atoms with E-state index < -0.39 is 11.8 Å². The summed E-state index contributed by atoms with van der Waals surface area (Å²) in [6.45, 7) is 3.12. The number of carbonyl (C=O) groups is 2. The number of nitrogens with one attached hydrogen (secondary N) is 2. The Balaban J connectivity index is 1.72. The molecule has 4 N–H and O–H groups in total. The Bertz CT molecular complexity index is 665. The maximum Gasteiger partial charge on any atom is 0.312 e. The number of rotatable bonds is 2.